The lowest BCUT2D eigenvalue weighted by Gasteiger charge is -2.11. The van der Waals surface area contributed by atoms with Gasteiger partial charge in [-0.1, -0.05) is 0 Å². The Bertz CT molecular complexity index is 806. The highest BCUT2D eigenvalue weighted by Gasteiger charge is 2.12. The van der Waals surface area contributed by atoms with Crippen molar-refractivity contribution in [2.45, 2.75) is 6.61 Å². The van der Waals surface area contributed by atoms with Gasteiger partial charge in [-0.2, -0.15) is 0 Å². The fourth-order valence-corrected chi connectivity index (χ4v) is 1.74. The maximum atomic E-state index is 11.8. The second kappa shape index (κ2) is 5.61. The van der Waals surface area contributed by atoms with Gasteiger partial charge in [0.05, 0.1) is 11.9 Å². The molecule has 0 bridgehead atoms. The van der Waals surface area contributed by atoms with Gasteiger partial charge >= 0.3 is 11.7 Å². The Labute approximate surface area is 118 Å². The van der Waals surface area contributed by atoms with E-state index in [1.807, 2.05) is 0 Å². The number of carbonyl (C=O) groups is 1. The van der Waals surface area contributed by atoms with Gasteiger partial charge in [0.1, 0.15) is 12.2 Å². The molecule has 8 heteroatoms. The molecule has 0 spiro atoms. The first-order valence-corrected chi connectivity index (χ1v) is 5.98. The molecule has 8 nitrogen and oxygen atoms in total. The van der Waals surface area contributed by atoms with Crippen LogP contribution in [0.2, 0.25) is 0 Å². The van der Waals surface area contributed by atoms with E-state index in [9.17, 15) is 14.4 Å². The normalized spacial score (nSPS) is 10.4. The summed E-state index contributed by atoms with van der Waals surface area (Å²) in [6, 6.07) is 2.57. The van der Waals surface area contributed by atoms with Gasteiger partial charge in [-0.15, -0.1) is 0 Å². The minimum Gasteiger partial charge on any atom is -0.485 e. The molecule has 0 unspecified atom stereocenters. The molecule has 0 atom stereocenters. The molecule has 0 saturated carbocycles. The maximum absolute atomic E-state index is 11.8. The van der Waals surface area contributed by atoms with Gasteiger partial charge in [-0.25, -0.2) is 9.59 Å². The molecule has 2 rings (SSSR count). The Morgan fingerprint density at radius 3 is 2.71 bits per heavy atom. The van der Waals surface area contributed by atoms with Gasteiger partial charge in [-0.05, 0) is 6.07 Å². The standard InChI is InChI=1S/C13H13N3O5/c1-15-8(5-11(17)16(2)13(15)20)7-21-10-6-14-4-3-9(10)12(18)19/h3-6H,7H2,1-2H3,(H,18,19). The summed E-state index contributed by atoms with van der Waals surface area (Å²) in [4.78, 5) is 38.2. The van der Waals surface area contributed by atoms with E-state index in [4.69, 9.17) is 9.84 Å². The van der Waals surface area contributed by atoms with E-state index in [-0.39, 0.29) is 17.9 Å². The number of aromatic carboxylic acids is 1. The molecule has 2 aromatic heterocycles. The van der Waals surface area contributed by atoms with Gasteiger partial charge in [0.2, 0.25) is 0 Å². The minimum absolute atomic E-state index is 0.0427. The second-order valence-electron chi connectivity index (χ2n) is 4.34. The number of hydrogen-bond acceptors (Lipinski definition) is 5. The van der Waals surface area contributed by atoms with Crippen molar-refractivity contribution in [3.05, 3.63) is 56.6 Å². The molecule has 0 amide bonds. The van der Waals surface area contributed by atoms with E-state index >= 15 is 0 Å². The van der Waals surface area contributed by atoms with Crippen molar-refractivity contribution in [2.24, 2.45) is 14.1 Å². The molecule has 0 saturated heterocycles. The quantitative estimate of drug-likeness (QED) is 0.833. The van der Waals surface area contributed by atoms with Gasteiger partial charge in [0.15, 0.2) is 5.75 Å². The molecular formula is C13H13N3O5. The third kappa shape index (κ3) is 2.83. The number of pyridine rings is 1. The molecule has 110 valence electrons. The Morgan fingerprint density at radius 2 is 2.05 bits per heavy atom. The van der Waals surface area contributed by atoms with Crippen LogP contribution in [0.1, 0.15) is 16.1 Å². The van der Waals surface area contributed by atoms with Gasteiger partial charge < -0.3 is 9.84 Å². The number of nitrogens with zero attached hydrogens (tertiary/aromatic N) is 3. The van der Waals surface area contributed by atoms with Crippen LogP contribution >= 0.6 is 0 Å². The number of ether oxygens (including phenoxy) is 1. The highest BCUT2D eigenvalue weighted by atomic mass is 16.5. The minimum atomic E-state index is -1.15. The lowest BCUT2D eigenvalue weighted by molar-refractivity contribution is 0.0691. The van der Waals surface area contributed by atoms with Crippen molar-refractivity contribution in [1.82, 2.24) is 14.1 Å². The Balaban J connectivity index is 2.32. The molecule has 0 aromatic carbocycles. The average molecular weight is 291 g/mol. The summed E-state index contributed by atoms with van der Waals surface area (Å²) >= 11 is 0. The summed E-state index contributed by atoms with van der Waals surface area (Å²) in [5, 5.41) is 9.03. The van der Waals surface area contributed by atoms with Crippen molar-refractivity contribution >= 4 is 5.97 Å². The van der Waals surface area contributed by atoms with Crippen LogP contribution < -0.4 is 16.0 Å². The predicted molar refractivity (Wildman–Crippen MR) is 72.5 cm³/mol. The topological polar surface area (TPSA) is 103 Å². The largest absolute Gasteiger partial charge is 0.485 e. The first kappa shape index (κ1) is 14.5. The summed E-state index contributed by atoms with van der Waals surface area (Å²) in [6.07, 6.45) is 2.60. The fraction of sp³-hybridized carbons (Fsp3) is 0.231. The van der Waals surface area contributed by atoms with Crippen LogP contribution in [-0.4, -0.2) is 25.2 Å². The van der Waals surface area contributed by atoms with E-state index in [1.165, 1.54) is 43.2 Å². The highest BCUT2D eigenvalue weighted by Crippen LogP contribution is 2.17. The summed E-state index contributed by atoms with van der Waals surface area (Å²) in [5.41, 5.74) is -0.644. The zero-order valence-electron chi connectivity index (χ0n) is 11.4. The van der Waals surface area contributed by atoms with Gasteiger partial charge in [-0.3, -0.25) is 18.9 Å². The monoisotopic (exact) mass is 291 g/mol. The molecule has 21 heavy (non-hydrogen) atoms. The third-order valence-corrected chi connectivity index (χ3v) is 3.02. The summed E-state index contributed by atoms with van der Waals surface area (Å²) in [6.45, 7) is -0.117. The predicted octanol–water partition coefficient (Wildman–Crippen LogP) is -0.244. The molecule has 2 heterocycles. The third-order valence-electron chi connectivity index (χ3n) is 3.02. The van der Waals surface area contributed by atoms with E-state index in [1.54, 1.807) is 0 Å². The van der Waals surface area contributed by atoms with Crippen LogP contribution in [-0.2, 0) is 20.7 Å². The Hall–Kier alpha value is -2.90. The van der Waals surface area contributed by atoms with Crippen LogP contribution in [0.15, 0.2) is 34.1 Å². The Morgan fingerprint density at radius 1 is 1.33 bits per heavy atom. The van der Waals surface area contributed by atoms with Gasteiger partial charge in [0, 0.05) is 26.4 Å². The van der Waals surface area contributed by atoms with Crippen LogP contribution in [0.5, 0.6) is 5.75 Å². The summed E-state index contributed by atoms with van der Waals surface area (Å²) in [5.74, 6) is -1.08. The highest BCUT2D eigenvalue weighted by molar-refractivity contribution is 5.90. The van der Waals surface area contributed by atoms with E-state index < -0.39 is 17.2 Å². The zero-order chi connectivity index (χ0) is 15.6. The van der Waals surface area contributed by atoms with Crippen LogP contribution in [0.3, 0.4) is 0 Å². The average Bonchev–Trinajstić information content (AvgIpc) is 2.47. The first-order valence-electron chi connectivity index (χ1n) is 5.98. The number of carboxylic acid groups (broad SMARTS) is 1. The molecule has 0 aliphatic carbocycles. The van der Waals surface area contributed by atoms with E-state index in [0.29, 0.717) is 5.69 Å². The molecule has 0 radical (unpaired) electrons. The first-order chi connectivity index (χ1) is 9.91. The van der Waals surface area contributed by atoms with Crippen molar-refractivity contribution in [3.63, 3.8) is 0 Å². The molecule has 0 aliphatic rings. The second-order valence-corrected chi connectivity index (χ2v) is 4.34. The molecule has 0 fully saturated rings. The van der Waals surface area contributed by atoms with Crippen molar-refractivity contribution in [3.8, 4) is 5.75 Å². The lowest BCUT2D eigenvalue weighted by Crippen LogP contribution is -2.38. The Kier molecular flexibility index (Phi) is 3.88. The zero-order valence-corrected chi connectivity index (χ0v) is 11.4. The number of rotatable bonds is 4. The SMILES string of the molecule is Cn1c(COc2cnccc2C(=O)O)cc(=O)n(C)c1=O. The van der Waals surface area contributed by atoms with E-state index in [0.717, 1.165) is 4.57 Å². The van der Waals surface area contributed by atoms with Crippen molar-refractivity contribution in [2.75, 3.05) is 0 Å². The molecule has 0 aliphatic heterocycles. The van der Waals surface area contributed by atoms with Crippen LogP contribution in [0.25, 0.3) is 0 Å². The van der Waals surface area contributed by atoms with Crippen LogP contribution in [0.4, 0.5) is 0 Å². The van der Waals surface area contributed by atoms with Crippen molar-refractivity contribution < 1.29 is 14.6 Å². The lowest BCUT2D eigenvalue weighted by atomic mass is 10.2. The molecule has 1 N–H and O–H groups in total. The smallest absolute Gasteiger partial charge is 0.339 e. The van der Waals surface area contributed by atoms with Crippen LogP contribution in [0, 0.1) is 0 Å². The fourth-order valence-electron chi connectivity index (χ4n) is 1.74. The van der Waals surface area contributed by atoms with E-state index in [2.05, 4.69) is 4.98 Å². The number of hydrogen-bond donors (Lipinski definition) is 1. The summed E-state index contributed by atoms with van der Waals surface area (Å²) < 4.78 is 7.59. The van der Waals surface area contributed by atoms with Gasteiger partial charge in [0.25, 0.3) is 5.56 Å². The summed E-state index contributed by atoms with van der Waals surface area (Å²) in [7, 11) is 2.88. The van der Waals surface area contributed by atoms with Crippen molar-refractivity contribution in [1.29, 1.82) is 0 Å². The number of carboxylic acids is 1. The molecular weight excluding hydrogens is 278 g/mol. The number of aromatic nitrogens is 3. The molecule has 2 aromatic rings. The maximum Gasteiger partial charge on any atom is 0.339 e.